The van der Waals surface area contributed by atoms with Crippen LogP contribution in [0.15, 0.2) is 53.9 Å². The lowest BCUT2D eigenvalue weighted by Crippen LogP contribution is -2.49. The second-order valence-corrected chi connectivity index (χ2v) is 8.96. The van der Waals surface area contributed by atoms with Gasteiger partial charge in [0.1, 0.15) is 6.04 Å². The molecular formula is C23H26N4O2S. The average Bonchev–Trinajstić information content (AvgIpc) is 3.21. The Hall–Kier alpha value is -3.06. The Kier molecular flexibility index (Phi) is 6.31. The van der Waals surface area contributed by atoms with Gasteiger partial charge in [-0.2, -0.15) is 0 Å². The quantitative estimate of drug-likeness (QED) is 0.659. The predicted molar refractivity (Wildman–Crippen MR) is 120 cm³/mol. The number of aryl methyl sites for hydroxylation is 2. The number of rotatable bonds is 5. The van der Waals surface area contributed by atoms with Gasteiger partial charge >= 0.3 is 0 Å². The van der Waals surface area contributed by atoms with E-state index in [-0.39, 0.29) is 17.5 Å². The van der Waals surface area contributed by atoms with E-state index >= 15 is 0 Å². The SMILES string of the molecule is Cc1ccc(C(C(=O)NC(C)(C)C)N(C(=O)c2csnn2)c2ccc(C)cc2)cc1. The number of amides is 2. The third kappa shape index (κ3) is 5.10. The van der Waals surface area contributed by atoms with Crippen LogP contribution in [0.4, 0.5) is 5.69 Å². The molecule has 1 heterocycles. The van der Waals surface area contributed by atoms with Crippen molar-refractivity contribution in [2.75, 3.05) is 4.90 Å². The molecule has 3 rings (SSSR count). The summed E-state index contributed by atoms with van der Waals surface area (Å²) in [5.74, 6) is -0.634. The first-order valence-electron chi connectivity index (χ1n) is 9.71. The van der Waals surface area contributed by atoms with E-state index < -0.39 is 11.6 Å². The summed E-state index contributed by atoms with van der Waals surface area (Å²) >= 11 is 1.10. The summed E-state index contributed by atoms with van der Waals surface area (Å²) in [5, 5.41) is 8.57. The van der Waals surface area contributed by atoms with Gasteiger partial charge in [0, 0.05) is 16.6 Å². The van der Waals surface area contributed by atoms with Crippen molar-refractivity contribution in [2.45, 2.75) is 46.2 Å². The fraction of sp³-hybridized carbons (Fsp3) is 0.304. The smallest absolute Gasteiger partial charge is 0.280 e. The fourth-order valence-electron chi connectivity index (χ4n) is 3.07. The lowest BCUT2D eigenvalue weighted by Gasteiger charge is -2.33. The van der Waals surface area contributed by atoms with E-state index in [1.54, 1.807) is 5.38 Å². The number of nitrogens with one attached hydrogen (secondary N) is 1. The zero-order chi connectivity index (χ0) is 21.9. The van der Waals surface area contributed by atoms with E-state index in [0.29, 0.717) is 5.69 Å². The number of nitrogens with zero attached hydrogens (tertiary/aromatic N) is 3. The maximum atomic E-state index is 13.5. The summed E-state index contributed by atoms with van der Waals surface area (Å²) in [4.78, 5) is 28.5. The van der Waals surface area contributed by atoms with E-state index in [9.17, 15) is 9.59 Å². The standard InChI is InChI=1S/C23H26N4O2S/c1-15-6-10-17(11-7-15)20(21(28)24-23(3,4)5)27(18-12-8-16(2)9-13-18)22(29)19-14-30-26-25-19/h6-14,20H,1-5H3,(H,24,28). The Bertz CT molecular complexity index is 1010. The zero-order valence-corrected chi connectivity index (χ0v) is 18.7. The maximum absolute atomic E-state index is 13.5. The van der Waals surface area contributed by atoms with Crippen LogP contribution in [0.5, 0.6) is 0 Å². The summed E-state index contributed by atoms with van der Waals surface area (Å²) in [5.41, 5.74) is 3.23. The van der Waals surface area contributed by atoms with Crippen LogP contribution in [-0.2, 0) is 4.79 Å². The van der Waals surface area contributed by atoms with Crippen LogP contribution in [-0.4, -0.2) is 26.9 Å². The Balaban J connectivity index is 2.16. The lowest BCUT2D eigenvalue weighted by atomic mass is 9.99. The van der Waals surface area contributed by atoms with Crippen LogP contribution in [0.3, 0.4) is 0 Å². The second-order valence-electron chi connectivity index (χ2n) is 8.35. The van der Waals surface area contributed by atoms with Crippen molar-refractivity contribution in [2.24, 2.45) is 0 Å². The number of hydrogen-bond acceptors (Lipinski definition) is 5. The maximum Gasteiger partial charge on any atom is 0.280 e. The van der Waals surface area contributed by atoms with Crippen LogP contribution in [0, 0.1) is 13.8 Å². The highest BCUT2D eigenvalue weighted by Gasteiger charge is 2.35. The predicted octanol–water partition coefficient (Wildman–Crippen LogP) is 4.46. The molecule has 1 unspecified atom stereocenters. The van der Waals surface area contributed by atoms with Gasteiger partial charge in [0.05, 0.1) is 0 Å². The lowest BCUT2D eigenvalue weighted by molar-refractivity contribution is -0.123. The number of hydrogen-bond donors (Lipinski definition) is 1. The van der Waals surface area contributed by atoms with E-state index in [1.165, 1.54) is 4.90 Å². The van der Waals surface area contributed by atoms with E-state index in [1.807, 2.05) is 83.1 Å². The Morgan fingerprint density at radius 2 is 1.53 bits per heavy atom. The van der Waals surface area contributed by atoms with Gasteiger partial charge in [-0.1, -0.05) is 52.0 Å². The van der Waals surface area contributed by atoms with Crippen LogP contribution in [0.1, 0.15) is 54.0 Å². The number of anilines is 1. The van der Waals surface area contributed by atoms with Gasteiger partial charge in [0.15, 0.2) is 5.69 Å². The summed E-state index contributed by atoms with van der Waals surface area (Å²) in [6, 6.07) is 14.3. The van der Waals surface area contributed by atoms with Crippen molar-refractivity contribution in [3.05, 3.63) is 76.3 Å². The number of aromatic nitrogens is 2. The molecule has 1 atom stereocenters. The minimum Gasteiger partial charge on any atom is -0.349 e. The second kappa shape index (κ2) is 8.75. The Morgan fingerprint density at radius 3 is 2.03 bits per heavy atom. The molecule has 0 aliphatic rings. The molecule has 0 spiro atoms. The zero-order valence-electron chi connectivity index (χ0n) is 17.8. The molecule has 0 aliphatic heterocycles. The number of carbonyl (C=O) groups excluding carboxylic acids is 2. The van der Waals surface area contributed by atoms with Gasteiger partial charge in [-0.15, -0.1) is 5.10 Å². The first-order valence-corrected chi connectivity index (χ1v) is 10.6. The first-order chi connectivity index (χ1) is 14.2. The first kappa shape index (κ1) is 21.6. The normalized spacial score (nSPS) is 12.3. The van der Waals surface area contributed by atoms with Gasteiger partial charge in [-0.3, -0.25) is 14.5 Å². The molecule has 30 heavy (non-hydrogen) atoms. The largest absolute Gasteiger partial charge is 0.349 e. The topological polar surface area (TPSA) is 75.2 Å². The number of benzene rings is 2. The highest BCUT2D eigenvalue weighted by molar-refractivity contribution is 7.03. The molecule has 0 bridgehead atoms. The molecule has 7 heteroatoms. The van der Waals surface area contributed by atoms with Crippen molar-refractivity contribution < 1.29 is 9.59 Å². The van der Waals surface area contributed by atoms with E-state index in [0.717, 1.165) is 28.2 Å². The van der Waals surface area contributed by atoms with Gasteiger partial charge < -0.3 is 5.32 Å². The van der Waals surface area contributed by atoms with Crippen LogP contribution >= 0.6 is 11.5 Å². The summed E-state index contributed by atoms with van der Waals surface area (Å²) in [6.45, 7) is 9.71. The van der Waals surface area contributed by atoms with Crippen molar-refractivity contribution in [1.29, 1.82) is 0 Å². The molecule has 1 aromatic heterocycles. The molecule has 2 amide bonds. The van der Waals surface area contributed by atoms with Crippen LogP contribution < -0.4 is 10.2 Å². The molecule has 0 aliphatic carbocycles. The van der Waals surface area contributed by atoms with Gasteiger partial charge in [0.2, 0.25) is 5.91 Å². The highest BCUT2D eigenvalue weighted by Crippen LogP contribution is 2.30. The molecule has 0 saturated carbocycles. The van der Waals surface area contributed by atoms with Crippen LogP contribution in [0.25, 0.3) is 0 Å². The monoisotopic (exact) mass is 422 g/mol. The summed E-state index contributed by atoms with van der Waals surface area (Å²) < 4.78 is 3.82. The summed E-state index contributed by atoms with van der Waals surface area (Å²) in [6.07, 6.45) is 0. The number of carbonyl (C=O) groups is 2. The summed E-state index contributed by atoms with van der Waals surface area (Å²) in [7, 11) is 0. The van der Waals surface area contributed by atoms with Gasteiger partial charge in [-0.05, 0) is 63.8 Å². The molecule has 2 aromatic carbocycles. The average molecular weight is 423 g/mol. The van der Waals surface area contributed by atoms with Gasteiger partial charge in [0.25, 0.3) is 5.91 Å². The fourth-order valence-corrected chi connectivity index (χ4v) is 3.50. The molecule has 1 N–H and O–H groups in total. The van der Waals surface area contributed by atoms with Gasteiger partial charge in [-0.25, -0.2) is 0 Å². The van der Waals surface area contributed by atoms with Crippen LogP contribution in [0.2, 0.25) is 0 Å². The molecule has 6 nitrogen and oxygen atoms in total. The Labute approximate surface area is 181 Å². The molecule has 0 fully saturated rings. The molecule has 156 valence electrons. The molecule has 0 saturated heterocycles. The van der Waals surface area contributed by atoms with Crippen molar-refractivity contribution >= 4 is 29.0 Å². The molecular weight excluding hydrogens is 396 g/mol. The molecule has 3 aromatic rings. The minimum atomic E-state index is -0.860. The van der Waals surface area contributed by atoms with Crippen molar-refractivity contribution in [3.63, 3.8) is 0 Å². The van der Waals surface area contributed by atoms with E-state index in [2.05, 4.69) is 14.9 Å². The minimum absolute atomic E-state index is 0.209. The van der Waals surface area contributed by atoms with Crippen molar-refractivity contribution in [1.82, 2.24) is 14.9 Å². The third-order valence-electron chi connectivity index (χ3n) is 4.51. The Morgan fingerprint density at radius 1 is 0.967 bits per heavy atom. The van der Waals surface area contributed by atoms with E-state index in [4.69, 9.17) is 0 Å². The highest BCUT2D eigenvalue weighted by atomic mass is 32.1. The molecule has 0 radical (unpaired) electrons. The third-order valence-corrected chi connectivity index (χ3v) is 5.01. The van der Waals surface area contributed by atoms with Crippen molar-refractivity contribution in [3.8, 4) is 0 Å².